The number of aryl methyl sites for hydroxylation is 1. The third-order valence-electron chi connectivity index (χ3n) is 6.38. The van der Waals surface area contributed by atoms with Gasteiger partial charge in [0.2, 0.25) is 5.91 Å². The smallest absolute Gasteiger partial charge is 0.242 e. The van der Waals surface area contributed by atoms with E-state index in [2.05, 4.69) is 55.6 Å². The van der Waals surface area contributed by atoms with E-state index in [-0.39, 0.29) is 23.0 Å². The van der Waals surface area contributed by atoms with Crippen molar-refractivity contribution in [2.24, 2.45) is 0 Å². The van der Waals surface area contributed by atoms with E-state index in [0.717, 1.165) is 31.0 Å². The first kappa shape index (κ1) is 26.3. The van der Waals surface area contributed by atoms with Crippen LogP contribution in [0.2, 0.25) is 0 Å². The molecular formula is C26H39F2N5O. The third-order valence-corrected chi connectivity index (χ3v) is 6.38. The monoisotopic (exact) mass is 475 g/mol. The van der Waals surface area contributed by atoms with Crippen LogP contribution in [0.25, 0.3) is 0 Å². The highest BCUT2D eigenvalue weighted by molar-refractivity contribution is 5.94. The lowest BCUT2D eigenvalue weighted by Crippen LogP contribution is -2.48. The van der Waals surface area contributed by atoms with Gasteiger partial charge in [-0.15, -0.1) is 0 Å². The normalized spacial score (nSPS) is 17.4. The van der Waals surface area contributed by atoms with Gasteiger partial charge in [-0.3, -0.25) is 4.79 Å². The van der Waals surface area contributed by atoms with Crippen LogP contribution in [0.3, 0.4) is 0 Å². The van der Waals surface area contributed by atoms with Crippen LogP contribution in [0.4, 0.5) is 14.6 Å². The molecule has 0 bridgehead atoms. The first-order valence-corrected chi connectivity index (χ1v) is 12.2. The third kappa shape index (κ3) is 6.85. The van der Waals surface area contributed by atoms with Gasteiger partial charge in [-0.2, -0.15) is 0 Å². The number of nitrogens with zero attached hydrogens (tertiary/aromatic N) is 2. The molecule has 0 saturated heterocycles. The van der Waals surface area contributed by atoms with E-state index < -0.39 is 17.7 Å². The molecule has 8 heteroatoms. The van der Waals surface area contributed by atoms with E-state index in [1.165, 1.54) is 6.07 Å². The summed E-state index contributed by atoms with van der Waals surface area (Å²) in [6, 6.07) is 1.89. The molecule has 1 amide bonds. The Morgan fingerprint density at radius 3 is 2.65 bits per heavy atom. The highest BCUT2D eigenvalue weighted by Gasteiger charge is 2.28. The van der Waals surface area contributed by atoms with E-state index in [1.807, 2.05) is 17.7 Å². The Labute approximate surface area is 201 Å². The maximum Gasteiger partial charge on any atom is 0.242 e. The molecule has 1 aromatic carbocycles. The van der Waals surface area contributed by atoms with Gasteiger partial charge in [0.05, 0.1) is 17.9 Å². The van der Waals surface area contributed by atoms with E-state index in [0.29, 0.717) is 30.6 Å². The summed E-state index contributed by atoms with van der Waals surface area (Å²) in [5.41, 5.74) is 1.06. The van der Waals surface area contributed by atoms with Crippen molar-refractivity contribution >= 4 is 11.7 Å². The van der Waals surface area contributed by atoms with Gasteiger partial charge in [-0.1, -0.05) is 13.3 Å². The van der Waals surface area contributed by atoms with E-state index in [9.17, 15) is 13.6 Å². The van der Waals surface area contributed by atoms with Crippen molar-refractivity contribution in [1.29, 1.82) is 0 Å². The van der Waals surface area contributed by atoms with Crippen LogP contribution in [-0.4, -0.2) is 39.6 Å². The van der Waals surface area contributed by atoms with Crippen LogP contribution in [0.5, 0.6) is 0 Å². The van der Waals surface area contributed by atoms with Gasteiger partial charge in [0.15, 0.2) is 5.82 Å². The Balaban J connectivity index is 1.63. The molecule has 1 heterocycles. The molecule has 6 nitrogen and oxygen atoms in total. The summed E-state index contributed by atoms with van der Waals surface area (Å²) in [5, 5.41) is 9.87. The molecule has 1 aromatic heterocycles. The highest BCUT2D eigenvalue weighted by Crippen LogP contribution is 2.26. The molecule has 2 aromatic rings. The Hall–Kier alpha value is -2.32. The fourth-order valence-electron chi connectivity index (χ4n) is 4.30. The highest BCUT2D eigenvalue weighted by atomic mass is 19.1. The molecule has 34 heavy (non-hydrogen) atoms. The Bertz CT molecular complexity index is 996. The Kier molecular flexibility index (Phi) is 8.14. The standard InChI is InChI=1S/C26H39F2N5O/c1-7-8-22(31-19-10-9-17-11-18(27)12-21(28)20(17)13-19)24(34)32-23-14-33(16-29-23)26(5,6)15-30-25(2,3)4/h11-12,14,16,19,22,30-31H,7-10,13,15H2,1-6H3,(H,32,34)/t19-,22-/m0/s1. The number of hydrogen-bond acceptors (Lipinski definition) is 4. The SMILES string of the molecule is CCC[C@H](N[C@H]1CCc2cc(F)cc(F)c2C1)C(=O)Nc1cn(C(C)(C)CNC(C)(C)C)cn1. The number of carbonyl (C=O) groups is 1. The van der Waals surface area contributed by atoms with E-state index >= 15 is 0 Å². The van der Waals surface area contributed by atoms with Crippen molar-refractivity contribution in [3.05, 3.63) is 47.4 Å². The lowest BCUT2D eigenvalue weighted by molar-refractivity contribution is -0.118. The lowest BCUT2D eigenvalue weighted by atomic mass is 9.87. The van der Waals surface area contributed by atoms with E-state index in [1.54, 1.807) is 6.33 Å². The minimum Gasteiger partial charge on any atom is -0.328 e. The molecule has 1 aliphatic carbocycles. The Morgan fingerprint density at radius 1 is 1.24 bits per heavy atom. The number of anilines is 1. The average molecular weight is 476 g/mol. The molecule has 2 atom stereocenters. The van der Waals surface area contributed by atoms with Gasteiger partial charge in [-0.05, 0) is 77.5 Å². The number of amides is 1. The number of carbonyl (C=O) groups excluding carboxylic acids is 1. The lowest BCUT2D eigenvalue weighted by Gasteiger charge is -2.31. The molecule has 0 spiro atoms. The van der Waals surface area contributed by atoms with Crippen molar-refractivity contribution in [2.75, 3.05) is 11.9 Å². The number of fused-ring (bicyclic) bond motifs is 1. The zero-order valence-corrected chi connectivity index (χ0v) is 21.3. The number of hydrogen-bond donors (Lipinski definition) is 3. The summed E-state index contributed by atoms with van der Waals surface area (Å²) in [6.07, 6.45) is 6.83. The first-order chi connectivity index (χ1) is 15.9. The molecule has 0 radical (unpaired) electrons. The van der Waals surface area contributed by atoms with Crippen LogP contribution in [0.15, 0.2) is 24.7 Å². The quantitative estimate of drug-likeness (QED) is 0.498. The van der Waals surface area contributed by atoms with Crippen molar-refractivity contribution < 1.29 is 13.6 Å². The molecular weight excluding hydrogens is 436 g/mol. The van der Waals surface area contributed by atoms with Gasteiger partial charge >= 0.3 is 0 Å². The predicted molar refractivity (Wildman–Crippen MR) is 132 cm³/mol. The minimum absolute atomic E-state index is 0.00461. The van der Waals surface area contributed by atoms with Gasteiger partial charge in [0.25, 0.3) is 0 Å². The fraction of sp³-hybridized carbons (Fsp3) is 0.615. The summed E-state index contributed by atoms with van der Waals surface area (Å²) in [4.78, 5) is 17.5. The van der Waals surface area contributed by atoms with Crippen LogP contribution in [0, 0.1) is 11.6 Å². The molecule has 3 rings (SSSR count). The number of nitrogens with one attached hydrogen (secondary N) is 3. The summed E-state index contributed by atoms with van der Waals surface area (Å²) in [6.45, 7) is 13.4. The Morgan fingerprint density at radius 2 is 1.97 bits per heavy atom. The van der Waals surface area contributed by atoms with Crippen molar-refractivity contribution in [3.8, 4) is 0 Å². The topological polar surface area (TPSA) is 71.0 Å². The largest absolute Gasteiger partial charge is 0.328 e. The minimum atomic E-state index is -0.539. The van der Waals surface area contributed by atoms with Gasteiger partial charge in [0.1, 0.15) is 11.6 Å². The van der Waals surface area contributed by atoms with Gasteiger partial charge in [0, 0.05) is 30.4 Å². The molecule has 0 fully saturated rings. The number of imidazole rings is 1. The second-order valence-corrected chi connectivity index (χ2v) is 11.0. The van der Waals surface area contributed by atoms with E-state index in [4.69, 9.17) is 0 Å². The van der Waals surface area contributed by atoms with Crippen LogP contribution >= 0.6 is 0 Å². The van der Waals surface area contributed by atoms with Gasteiger partial charge in [-0.25, -0.2) is 13.8 Å². The second-order valence-electron chi connectivity index (χ2n) is 11.0. The summed E-state index contributed by atoms with van der Waals surface area (Å²) in [5.74, 6) is -0.690. The molecule has 3 N–H and O–H groups in total. The fourth-order valence-corrected chi connectivity index (χ4v) is 4.30. The zero-order chi connectivity index (χ0) is 25.1. The second kappa shape index (κ2) is 10.5. The number of rotatable bonds is 9. The molecule has 1 aliphatic rings. The summed E-state index contributed by atoms with van der Waals surface area (Å²) < 4.78 is 29.8. The molecule has 0 saturated carbocycles. The van der Waals surface area contributed by atoms with Crippen molar-refractivity contribution in [2.45, 2.75) is 96.8 Å². The predicted octanol–water partition coefficient (Wildman–Crippen LogP) is 4.54. The molecule has 0 unspecified atom stereocenters. The van der Waals surface area contributed by atoms with Crippen LogP contribution in [0.1, 0.15) is 71.9 Å². The zero-order valence-electron chi connectivity index (χ0n) is 21.3. The summed E-state index contributed by atoms with van der Waals surface area (Å²) in [7, 11) is 0. The number of halogens is 2. The maximum absolute atomic E-state index is 14.3. The molecule has 0 aliphatic heterocycles. The van der Waals surface area contributed by atoms with Crippen molar-refractivity contribution in [1.82, 2.24) is 20.2 Å². The first-order valence-electron chi connectivity index (χ1n) is 12.2. The molecule has 188 valence electrons. The van der Waals surface area contributed by atoms with Crippen LogP contribution < -0.4 is 16.0 Å². The van der Waals surface area contributed by atoms with Gasteiger partial charge < -0.3 is 20.5 Å². The average Bonchev–Trinajstić information content (AvgIpc) is 3.21. The maximum atomic E-state index is 14.3. The number of benzene rings is 1. The number of aromatic nitrogens is 2. The van der Waals surface area contributed by atoms with Crippen LogP contribution in [-0.2, 0) is 23.2 Å². The summed E-state index contributed by atoms with van der Waals surface area (Å²) >= 11 is 0. The van der Waals surface area contributed by atoms with Crippen molar-refractivity contribution in [3.63, 3.8) is 0 Å².